The number of thioether (sulfide) groups is 1. The quantitative estimate of drug-likeness (QED) is 0.573. The standard InChI is InChI=1S/C10H12N4S/c1-7-8(6-14(2)13-7)9-4-5-11-10(12-9)15-3/h4-6H,1-3H3. The molecule has 0 aromatic carbocycles. The van der Waals surface area contributed by atoms with Crippen LogP contribution in [-0.4, -0.2) is 26.0 Å². The second kappa shape index (κ2) is 4.02. The molecule has 2 aromatic heterocycles. The van der Waals surface area contributed by atoms with Crippen LogP contribution < -0.4 is 0 Å². The summed E-state index contributed by atoms with van der Waals surface area (Å²) in [4.78, 5) is 8.58. The molecule has 0 fully saturated rings. The molecule has 5 heteroatoms. The van der Waals surface area contributed by atoms with Crippen LogP contribution in [0.4, 0.5) is 0 Å². The van der Waals surface area contributed by atoms with Gasteiger partial charge in [0.1, 0.15) is 0 Å². The lowest BCUT2D eigenvalue weighted by atomic mass is 10.2. The highest BCUT2D eigenvalue weighted by atomic mass is 32.2. The first-order valence-electron chi connectivity index (χ1n) is 4.58. The lowest BCUT2D eigenvalue weighted by Gasteiger charge is -1.99. The molecule has 0 atom stereocenters. The topological polar surface area (TPSA) is 43.6 Å². The molecule has 0 bridgehead atoms. The maximum absolute atomic E-state index is 4.43. The molecule has 15 heavy (non-hydrogen) atoms. The van der Waals surface area contributed by atoms with E-state index in [1.54, 1.807) is 22.6 Å². The van der Waals surface area contributed by atoms with E-state index in [-0.39, 0.29) is 0 Å². The van der Waals surface area contributed by atoms with Crippen molar-refractivity contribution in [2.75, 3.05) is 6.26 Å². The Labute approximate surface area is 92.8 Å². The molecule has 4 nitrogen and oxygen atoms in total. The second-order valence-electron chi connectivity index (χ2n) is 3.23. The van der Waals surface area contributed by atoms with Crippen LogP contribution in [0.2, 0.25) is 0 Å². The first-order valence-corrected chi connectivity index (χ1v) is 5.81. The summed E-state index contributed by atoms with van der Waals surface area (Å²) >= 11 is 1.54. The smallest absolute Gasteiger partial charge is 0.187 e. The maximum Gasteiger partial charge on any atom is 0.187 e. The fraction of sp³-hybridized carbons (Fsp3) is 0.300. The molecule has 0 spiro atoms. The number of rotatable bonds is 2. The van der Waals surface area contributed by atoms with E-state index >= 15 is 0 Å². The number of aryl methyl sites for hydroxylation is 2. The van der Waals surface area contributed by atoms with E-state index in [9.17, 15) is 0 Å². The number of hydrogen-bond acceptors (Lipinski definition) is 4. The molecule has 0 unspecified atom stereocenters. The third-order valence-electron chi connectivity index (χ3n) is 2.11. The minimum Gasteiger partial charge on any atom is -0.275 e. The monoisotopic (exact) mass is 220 g/mol. The predicted molar refractivity (Wildman–Crippen MR) is 60.8 cm³/mol. The van der Waals surface area contributed by atoms with E-state index in [0.29, 0.717) is 0 Å². The van der Waals surface area contributed by atoms with Crippen LogP contribution in [0.25, 0.3) is 11.3 Å². The Morgan fingerprint density at radius 3 is 2.80 bits per heavy atom. The van der Waals surface area contributed by atoms with Crippen molar-refractivity contribution in [3.8, 4) is 11.3 Å². The van der Waals surface area contributed by atoms with Crippen molar-refractivity contribution in [2.24, 2.45) is 7.05 Å². The molecule has 0 aliphatic carbocycles. The van der Waals surface area contributed by atoms with E-state index in [2.05, 4.69) is 15.1 Å². The third-order valence-corrected chi connectivity index (χ3v) is 2.67. The Bertz CT molecular complexity index is 478. The molecular weight excluding hydrogens is 208 g/mol. The number of nitrogens with zero attached hydrogens (tertiary/aromatic N) is 4. The summed E-state index contributed by atoms with van der Waals surface area (Å²) in [5.41, 5.74) is 2.98. The lowest BCUT2D eigenvalue weighted by Crippen LogP contribution is -1.89. The molecule has 0 saturated carbocycles. The Morgan fingerprint density at radius 1 is 1.40 bits per heavy atom. The van der Waals surface area contributed by atoms with E-state index in [1.807, 2.05) is 32.5 Å². The van der Waals surface area contributed by atoms with Gasteiger partial charge in [-0.25, -0.2) is 9.97 Å². The Kier molecular flexibility index (Phi) is 2.73. The fourth-order valence-corrected chi connectivity index (χ4v) is 1.80. The van der Waals surface area contributed by atoms with Gasteiger partial charge in [-0.15, -0.1) is 0 Å². The minimum absolute atomic E-state index is 0.788. The zero-order valence-corrected chi connectivity index (χ0v) is 9.75. The van der Waals surface area contributed by atoms with Gasteiger partial charge in [0.15, 0.2) is 5.16 Å². The highest BCUT2D eigenvalue weighted by Crippen LogP contribution is 2.21. The SMILES string of the molecule is CSc1nccc(-c2cn(C)nc2C)n1. The predicted octanol–water partition coefficient (Wildman–Crippen LogP) is 1.91. The Hall–Kier alpha value is -1.36. The van der Waals surface area contributed by atoms with Crippen molar-refractivity contribution in [2.45, 2.75) is 12.1 Å². The van der Waals surface area contributed by atoms with Crippen LogP contribution in [0.15, 0.2) is 23.6 Å². The largest absolute Gasteiger partial charge is 0.275 e. The zero-order chi connectivity index (χ0) is 10.8. The Balaban J connectivity index is 2.49. The van der Waals surface area contributed by atoms with E-state index in [1.165, 1.54) is 0 Å². The molecule has 78 valence electrons. The normalized spacial score (nSPS) is 10.6. The van der Waals surface area contributed by atoms with Gasteiger partial charge in [-0.1, -0.05) is 11.8 Å². The highest BCUT2D eigenvalue weighted by molar-refractivity contribution is 7.98. The van der Waals surface area contributed by atoms with Crippen LogP contribution in [-0.2, 0) is 7.05 Å². The van der Waals surface area contributed by atoms with Gasteiger partial charge in [-0.05, 0) is 19.2 Å². The summed E-state index contributed by atoms with van der Waals surface area (Å²) in [6.45, 7) is 1.98. The van der Waals surface area contributed by atoms with E-state index < -0.39 is 0 Å². The van der Waals surface area contributed by atoms with Gasteiger partial charge in [0.05, 0.1) is 11.4 Å². The molecule has 0 radical (unpaired) electrons. The van der Waals surface area contributed by atoms with Gasteiger partial charge in [-0.2, -0.15) is 5.10 Å². The van der Waals surface area contributed by atoms with Gasteiger partial charge < -0.3 is 0 Å². The van der Waals surface area contributed by atoms with Gasteiger partial charge in [-0.3, -0.25) is 4.68 Å². The van der Waals surface area contributed by atoms with Crippen LogP contribution in [0.1, 0.15) is 5.69 Å². The van der Waals surface area contributed by atoms with E-state index in [0.717, 1.165) is 22.1 Å². The van der Waals surface area contributed by atoms with Crippen molar-refractivity contribution in [1.29, 1.82) is 0 Å². The van der Waals surface area contributed by atoms with Crippen molar-refractivity contribution < 1.29 is 0 Å². The summed E-state index contributed by atoms with van der Waals surface area (Å²) < 4.78 is 1.80. The van der Waals surface area contributed by atoms with Crippen molar-refractivity contribution in [3.63, 3.8) is 0 Å². The number of hydrogen-bond donors (Lipinski definition) is 0. The molecule has 0 amide bonds. The van der Waals surface area contributed by atoms with Crippen LogP contribution >= 0.6 is 11.8 Å². The van der Waals surface area contributed by atoms with Gasteiger partial charge in [0.2, 0.25) is 0 Å². The fourth-order valence-electron chi connectivity index (χ4n) is 1.44. The van der Waals surface area contributed by atoms with Crippen LogP contribution in [0, 0.1) is 6.92 Å². The highest BCUT2D eigenvalue weighted by Gasteiger charge is 2.07. The molecule has 2 rings (SSSR count). The van der Waals surface area contributed by atoms with Gasteiger partial charge >= 0.3 is 0 Å². The lowest BCUT2D eigenvalue weighted by molar-refractivity contribution is 0.756. The summed E-state index contributed by atoms with van der Waals surface area (Å²) in [7, 11) is 1.91. The van der Waals surface area contributed by atoms with Crippen molar-refractivity contribution in [3.05, 3.63) is 24.2 Å². The average Bonchev–Trinajstić information content (AvgIpc) is 2.58. The molecule has 0 saturated heterocycles. The second-order valence-corrected chi connectivity index (χ2v) is 4.00. The molecule has 2 aromatic rings. The Morgan fingerprint density at radius 2 is 2.20 bits per heavy atom. The van der Waals surface area contributed by atoms with Crippen LogP contribution in [0.3, 0.4) is 0 Å². The van der Waals surface area contributed by atoms with Gasteiger partial charge in [0, 0.05) is 25.0 Å². The molecular formula is C10H12N4S. The van der Waals surface area contributed by atoms with Crippen molar-refractivity contribution >= 4 is 11.8 Å². The molecule has 0 aliphatic rings. The summed E-state index contributed by atoms with van der Waals surface area (Å²) in [5.74, 6) is 0. The van der Waals surface area contributed by atoms with Crippen LogP contribution in [0.5, 0.6) is 0 Å². The van der Waals surface area contributed by atoms with Gasteiger partial charge in [0.25, 0.3) is 0 Å². The van der Waals surface area contributed by atoms with E-state index in [4.69, 9.17) is 0 Å². The third kappa shape index (κ3) is 2.02. The first-order chi connectivity index (χ1) is 7.20. The summed E-state index contributed by atoms with van der Waals surface area (Å²) in [5, 5.41) is 5.08. The summed E-state index contributed by atoms with van der Waals surface area (Å²) in [6, 6.07) is 1.91. The first kappa shape index (κ1) is 10.2. The van der Waals surface area contributed by atoms with Crippen molar-refractivity contribution in [1.82, 2.24) is 19.7 Å². The molecule has 2 heterocycles. The number of aromatic nitrogens is 4. The maximum atomic E-state index is 4.43. The zero-order valence-electron chi connectivity index (χ0n) is 8.93. The average molecular weight is 220 g/mol. The minimum atomic E-state index is 0.788. The summed E-state index contributed by atoms with van der Waals surface area (Å²) in [6.07, 6.45) is 5.72. The molecule has 0 aliphatic heterocycles. The molecule has 0 N–H and O–H groups in total.